The van der Waals surface area contributed by atoms with E-state index in [0.717, 1.165) is 24.8 Å². The third kappa shape index (κ3) is 3.95. The monoisotopic (exact) mass is 374 g/mol. The predicted octanol–water partition coefficient (Wildman–Crippen LogP) is 5.31. The maximum absolute atomic E-state index is 5.88. The van der Waals surface area contributed by atoms with Crippen molar-refractivity contribution in [2.45, 2.75) is 38.1 Å². The zero-order valence-electron chi connectivity index (χ0n) is 16.6. The first-order valence-electron chi connectivity index (χ1n) is 10.8. The van der Waals surface area contributed by atoms with Crippen molar-refractivity contribution >= 4 is 10.9 Å². The van der Waals surface area contributed by atoms with Gasteiger partial charge >= 0.3 is 0 Å². The average Bonchev–Trinajstić information content (AvgIpc) is 3.49. The van der Waals surface area contributed by atoms with Crippen molar-refractivity contribution in [3.63, 3.8) is 0 Å². The van der Waals surface area contributed by atoms with Crippen LogP contribution in [0.2, 0.25) is 0 Å². The van der Waals surface area contributed by atoms with Gasteiger partial charge in [-0.3, -0.25) is 4.90 Å². The van der Waals surface area contributed by atoms with Crippen LogP contribution in [0.4, 0.5) is 0 Å². The standard InChI is InChI=1S/C25H30N2O/c1-2-6-22(7-3-1)28-17-16-26-14-12-21(13-15-26)24-19-27(18-20-10-11-20)25-9-5-4-8-23(24)25/h1-9,19-21H,10-18H2. The molecule has 2 aliphatic rings. The molecule has 0 atom stereocenters. The van der Waals surface area contributed by atoms with E-state index in [4.69, 9.17) is 4.74 Å². The van der Waals surface area contributed by atoms with Crippen molar-refractivity contribution in [3.8, 4) is 5.75 Å². The van der Waals surface area contributed by atoms with E-state index < -0.39 is 0 Å². The molecule has 0 radical (unpaired) electrons. The van der Waals surface area contributed by atoms with Gasteiger partial charge in [0.15, 0.2) is 0 Å². The molecule has 28 heavy (non-hydrogen) atoms. The van der Waals surface area contributed by atoms with E-state index in [0.29, 0.717) is 5.92 Å². The molecule has 3 heteroatoms. The minimum atomic E-state index is 0.691. The van der Waals surface area contributed by atoms with Crippen LogP contribution in [0.1, 0.15) is 37.2 Å². The highest BCUT2D eigenvalue weighted by Gasteiger charge is 2.26. The minimum Gasteiger partial charge on any atom is -0.492 e. The fourth-order valence-corrected chi connectivity index (χ4v) is 4.61. The maximum Gasteiger partial charge on any atom is 0.119 e. The molecule has 0 bridgehead atoms. The van der Waals surface area contributed by atoms with Crippen molar-refractivity contribution in [2.75, 3.05) is 26.2 Å². The molecular weight excluding hydrogens is 344 g/mol. The highest BCUT2D eigenvalue weighted by atomic mass is 16.5. The smallest absolute Gasteiger partial charge is 0.119 e. The second-order valence-corrected chi connectivity index (χ2v) is 8.47. The lowest BCUT2D eigenvalue weighted by Gasteiger charge is -2.31. The van der Waals surface area contributed by atoms with E-state index in [2.05, 4.69) is 39.9 Å². The fraction of sp³-hybridized carbons (Fsp3) is 0.440. The van der Waals surface area contributed by atoms with Crippen molar-refractivity contribution in [3.05, 3.63) is 66.4 Å². The van der Waals surface area contributed by atoms with Crippen LogP contribution in [-0.2, 0) is 6.54 Å². The van der Waals surface area contributed by atoms with Gasteiger partial charge in [-0.05, 0) is 74.4 Å². The summed E-state index contributed by atoms with van der Waals surface area (Å²) in [5.74, 6) is 2.58. The average molecular weight is 375 g/mol. The van der Waals surface area contributed by atoms with Crippen LogP contribution < -0.4 is 4.74 Å². The topological polar surface area (TPSA) is 17.4 Å². The molecule has 1 saturated carbocycles. The fourth-order valence-electron chi connectivity index (χ4n) is 4.61. The van der Waals surface area contributed by atoms with Gasteiger partial charge in [0.1, 0.15) is 12.4 Å². The number of fused-ring (bicyclic) bond motifs is 1. The molecule has 1 saturated heterocycles. The van der Waals surface area contributed by atoms with Gasteiger partial charge in [-0.1, -0.05) is 36.4 Å². The minimum absolute atomic E-state index is 0.691. The second-order valence-electron chi connectivity index (χ2n) is 8.47. The third-order valence-electron chi connectivity index (χ3n) is 6.42. The van der Waals surface area contributed by atoms with Gasteiger partial charge in [0.2, 0.25) is 0 Å². The molecule has 146 valence electrons. The third-order valence-corrected chi connectivity index (χ3v) is 6.42. The SMILES string of the molecule is c1ccc(OCCN2CCC(c3cn(CC4CC4)c4ccccc34)CC2)cc1. The summed E-state index contributed by atoms with van der Waals surface area (Å²) in [6, 6.07) is 19.2. The van der Waals surface area contributed by atoms with E-state index in [1.165, 1.54) is 56.2 Å². The van der Waals surface area contributed by atoms with Crippen molar-refractivity contribution in [2.24, 2.45) is 5.92 Å². The molecule has 1 aliphatic carbocycles. The Labute approximate surface area is 167 Å². The van der Waals surface area contributed by atoms with E-state index in [1.54, 1.807) is 5.56 Å². The number of nitrogens with zero attached hydrogens (tertiary/aromatic N) is 2. The molecule has 0 unspecified atom stereocenters. The Hall–Kier alpha value is -2.26. The Morgan fingerprint density at radius 1 is 0.857 bits per heavy atom. The summed E-state index contributed by atoms with van der Waals surface area (Å²) in [6.45, 7) is 5.34. The number of benzene rings is 2. The van der Waals surface area contributed by atoms with Crippen LogP contribution in [0.3, 0.4) is 0 Å². The number of ether oxygens (including phenoxy) is 1. The second kappa shape index (κ2) is 8.00. The van der Waals surface area contributed by atoms with Crippen molar-refractivity contribution < 1.29 is 4.74 Å². The Morgan fingerprint density at radius 3 is 2.39 bits per heavy atom. The molecule has 3 nitrogen and oxygen atoms in total. The van der Waals surface area contributed by atoms with Crippen LogP contribution >= 0.6 is 0 Å². The summed E-state index contributed by atoms with van der Waals surface area (Å²) >= 11 is 0. The summed E-state index contributed by atoms with van der Waals surface area (Å²) in [6.07, 6.45) is 7.80. The lowest BCUT2D eigenvalue weighted by molar-refractivity contribution is 0.173. The van der Waals surface area contributed by atoms with Gasteiger partial charge in [0.05, 0.1) is 0 Å². The Bertz CT molecular complexity index is 905. The van der Waals surface area contributed by atoms with E-state index in [1.807, 2.05) is 30.3 Å². The van der Waals surface area contributed by atoms with Gasteiger partial charge in [-0.2, -0.15) is 0 Å². The molecule has 5 rings (SSSR count). The molecule has 2 heterocycles. The molecule has 0 spiro atoms. The first kappa shape index (κ1) is 17.8. The number of aromatic nitrogens is 1. The Morgan fingerprint density at radius 2 is 1.61 bits per heavy atom. The van der Waals surface area contributed by atoms with Gasteiger partial charge in [0.25, 0.3) is 0 Å². The number of para-hydroxylation sites is 2. The maximum atomic E-state index is 5.88. The summed E-state index contributed by atoms with van der Waals surface area (Å²) in [5.41, 5.74) is 3.01. The highest BCUT2D eigenvalue weighted by molar-refractivity contribution is 5.84. The number of hydrogen-bond donors (Lipinski definition) is 0. The first-order chi connectivity index (χ1) is 13.9. The van der Waals surface area contributed by atoms with Gasteiger partial charge in [-0.15, -0.1) is 0 Å². The largest absolute Gasteiger partial charge is 0.492 e. The summed E-state index contributed by atoms with van der Waals surface area (Å²) < 4.78 is 8.41. The van der Waals surface area contributed by atoms with Crippen molar-refractivity contribution in [1.29, 1.82) is 0 Å². The van der Waals surface area contributed by atoms with Crippen LogP contribution in [-0.4, -0.2) is 35.7 Å². The summed E-state index contributed by atoms with van der Waals surface area (Å²) in [4.78, 5) is 2.56. The molecule has 0 N–H and O–H groups in total. The van der Waals surface area contributed by atoms with Crippen LogP contribution in [0, 0.1) is 5.92 Å². The Kier molecular flexibility index (Phi) is 5.09. The van der Waals surface area contributed by atoms with E-state index in [-0.39, 0.29) is 0 Å². The normalized spacial score (nSPS) is 18.6. The predicted molar refractivity (Wildman–Crippen MR) is 115 cm³/mol. The molecule has 1 aliphatic heterocycles. The molecular formula is C25H30N2O. The lowest BCUT2D eigenvalue weighted by Crippen LogP contribution is -2.35. The molecule has 3 aromatic rings. The zero-order valence-corrected chi connectivity index (χ0v) is 16.6. The number of piperidine rings is 1. The van der Waals surface area contributed by atoms with Gasteiger partial charge in [0, 0.05) is 30.2 Å². The van der Waals surface area contributed by atoms with Crippen LogP contribution in [0.25, 0.3) is 10.9 Å². The van der Waals surface area contributed by atoms with E-state index >= 15 is 0 Å². The van der Waals surface area contributed by atoms with Crippen molar-refractivity contribution in [1.82, 2.24) is 9.47 Å². The number of rotatable bonds is 7. The van der Waals surface area contributed by atoms with Crippen LogP contribution in [0.15, 0.2) is 60.8 Å². The lowest BCUT2D eigenvalue weighted by atomic mass is 9.89. The summed E-state index contributed by atoms with van der Waals surface area (Å²) in [7, 11) is 0. The van der Waals surface area contributed by atoms with E-state index in [9.17, 15) is 0 Å². The first-order valence-corrected chi connectivity index (χ1v) is 10.8. The molecule has 2 aromatic carbocycles. The van der Waals surface area contributed by atoms with Gasteiger partial charge in [-0.25, -0.2) is 0 Å². The number of likely N-dealkylation sites (tertiary alicyclic amines) is 1. The van der Waals surface area contributed by atoms with Crippen LogP contribution in [0.5, 0.6) is 5.75 Å². The highest BCUT2D eigenvalue weighted by Crippen LogP contribution is 2.37. The Balaban J connectivity index is 1.20. The quantitative estimate of drug-likeness (QED) is 0.558. The molecule has 2 fully saturated rings. The van der Waals surface area contributed by atoms with Gasteiger partial charge < -0.3 is 9.30 Å². The molecule has 1 aromatic heterocycles. The molecule has 0 amide bonds. The summed E-state index contributed by atoms with van der Waals surface area (Å²) in [5, 5.41) is 1.48. The zero-order chi connectivity index (χ0) is 18.8. The number of hydrogen-bond acceptors (Lipinski definition) is 2.